The number of carbonyl (C=O) groups is 1. The molecule has 0 aliphatic rings. The lowest BCUT2D eigenvalue weighted by Crippen LogP contribution is -2.48. The van der Waals surface area contributed by atoms with Gasteiger partial charge in [-0.25, -0.2) is 0 Å². The molecule has 1 amide bonds. The summed E-state index contributed by atoms with van der Waals surface area (Å²) in [7, 11) is 4.02. The molecule has 0 saturated carbocycles. The molecule has 1 aromatic rings. The molecule has 1 N–H and O–H groups in total. The van der Waals surface area contributed by atoms with Gasteiger partial charge < -0.3 is 10.2 Å². The van der Waals surface area contributed by atoms with Crippen LogP contribution in [-0.2, 0) is 0 Å². The summed E-state index contributed by atoms with van der Waals surface area (Å²) in [6.45, 7) is 6.75. The molecule has 100 valence electrons. The van der Waals surface area contributed by atoms with Crippen LogP contribution in [0.4, 0.5) is 0 Å². The number of rotatable bonds is 4. The minimum Gasteiger partial charge on any atom is -0.350 e. The van der Waals surface area contributed by atoms with Gasteiger partial charge in [-0.15, -0.1) is 0 Å². The fourth-order valence-electron chi connectivity index (χ4n) is 1.40. The lowest BCUT2D eigenvalue weighted by molar-refractivity contribution is 0.0919. The van der Waals surface area contributed by atoms with Gasteiger partial charge >= 0.3 is 0 Å². The minimum absolute atomic E-state index is 0.0243. The van der Waals surface area contributed by atoms with E-state index in [0.717, 1.165) is 15.6 Å². The van der Waals surface area contributed by atoms with Crippen LogP contribution in [0.15, 0.2) is 22.7 Å². The van der Waals surface area contributed by atoms with Crippen molar-refractivity contribution in [2.24, 2.45) is 0 Å². The number of halogens is 1. The predicted molar refractivity (Wildman–Crippen MR) is 79.0 cm³/mol. The molecule has 0 heterocycles. The summed E-state index contributed by atoms with van der Waals surface area (Å²) in [5.74, 6) is -0.0243. The van der Waals surface area contributed by atoms with Gasteiger partial charge in [0.05, 0.1) is 0 Å². The number of nitrogens with zero attached hydrogens (tertiary/aromatic N) is 1. The first kappa shape index (κ1) is 15.2. The van der Waals surface area contributed by atoms with Crippen molar-refractivity contribution in [1.29, 1.82) is 0 Å². The Bertz CT molecular complexity index is 441. The molecular weight excluding hydrogens is 292 g/mol. The van der Waals surface area contributed by atoms with Crippen LogP contribution in [0.1, 0.15) is 29.8 Å². The lowest BCUT2D eigenvalue weighted by Gasteiger charge is -2.32. The molecule has 18 heavy (non-hydrogen) atoms. The normalized spacial score (nSPS) is 11.7. The van der Waals surface area contributed by atoms with E-state index in [1.54, 1.807) is 0 Å². The highest BCUT2D eigenvalue weighted by Gasteiger charge is 2.21. The quantitative estimate of drug-likeness (QED) is 0.927. The Morgan fingerprint density at radius 3 is 2.56 bits per heavy atom. The lowest BCUT2D eigenvalue weighted by atomic mass is 10.0. The molecule has 0 bridgehead atoms. The van der Waals surface area contributed by atoms with E-state index < -0.39 is 0 Å². The van der Waals surface area contributed by atoms with E-state index in [0.29, 0.717) is 6.54 Å². The molecule has 0 spiro atoms. The highest BCUT2D eigenvalue weighted by Crippen LogP contribution is 2.19. The second-order valence-electron chi connectivity index (χ2n) is 5.30. The fraction of sp³-hybridized carbons (Fsp3) is 0.500. The van der Waals surface area contributed by atoms with Crippen LogP contribution in [0.2, 0.25) is 0 Å². The molecule has 0 fully saturated rings. The maximum Gasteiger partial charge on any atom is 0.251 e. The number of nitrogens with one attached hydrogen (secondary N) is 1. The molecule has 0 aromatic heterocycles. The van der Waals surface area contributed by atoms with E-state index in [1.165, 1.54) is 0 Å². The number of carbonyl (C=O) groups excluding carboxylic acids is 1. The van der Waals surface area contributed by atoms with E-state index in [-0.39, 0.29) is 11.4 Å². The van der Waals surface area contributed by atoms with Crippen molar-refractivity contribution in [3.63, 3.8) is 0 Å². The number of amides is 1. The van der Waals surface area contributed by atoms with Crippen molar-refractivity contribution < 1.29 is 4.79 Å². The number of hydrogen-bond donors (Lipinski definition) is 1. The third-order valence-corrected chi connectivity index (χ3v) is 4.26. The van der Waals surface area contributed by atoms with Gasteiger partial charge in [-0.2, -0.15) is 0 Å². The van der Waals surface area contributed by atoms with Gasteiger partial charge in [-0.05, 0) is 52.6 Å². The van der Waals surface area contributed by atoms with Gasteiger partial charge in [0.25, 0.3) is 5.91 Å². The Morgan fingerprint density at radius 1 is 1.39 bits per heavy atom. The minimum atomic E-state index is -0.0599. The third kappa shape index (κ3) is 3.56. The van der Waals surface area contributed by atoms with Crippen LogP contribution in [-0.4, -0.2) is 37.0 Å². The second-order valence-corrected chi connectivity index (χ2v) is 6.16. The Hall–Kier alpha value is -0.870. The van der Waals surface area contributed by atoms with Gasteiger partial charge in [-0.1, -0.05) is 22.0 Å². The Morgan fingerprint density at radius 2 is 2.00 bits per heavy atom. The molecule has 0 aliphatic heterocycles. The molecule has 0 atom stereocenters. The fourth-order valence-corrected chi connectivity index (χ4v) is 1.77. The monoisotopic (exact) mass is 312 g/mol. The maximum atomic E-state index is 12.1. The molecule has 0 radical (unpaired) electrons. The zero-order valence-corrected chi connectivity index (χ0v) is 13.3. The first-order valence-electron chi connectivity index (χ1n) is 5.96. The summed E-state index contributed by atoms with van der Waals surface area (Å²) in [6.07, 6.45) is 0. The summed E-state index contributed by atoms with van der Waals surface area (Å²) in [5.41, 5.74) is 1.63. The second kappa shape index (κ2) is 5.85. The highest BCUT2D eigenvalue weighted by atomic mass is 79.9. The number of likely N-dealkylation sites (N-methyl/N-ethyl adjacent to an activating group) is 1. The van der Waals surface area contributed by atoms with E-state index >= 15 is 0 Å². The summed E-state index contributed by atoms with van der Waals surface area (Å²) in [6, 6.07) is 5.66. The molecule has 1 aromatic carbocycles. The standard InChI is InChI=1S/C14H21BrN2O/c1-10-11(7-6-8-12(10)15)13(18)16-9-14(2,3)17(4)5/h6-8H,9H2,1-5H3,(H,16,18). The number of benzene rings is 1. The van der Waals surface area contributed by atoms with Crippen LogP contribution < -0.4 is 5.32 Å². The van der Waals surface area contributed by atoms with Gasteiger partial charge in [0.1, 0.15) is 0 Å². The predicted octanol–water partition coefficient (Wildman–Crippen LogP) is 2.83. The van der Waals surface area contributed by atoms with Crippen LogP contribution in [0.25, 0.3) is 0 Å². The number of hydrogen-bond acceptors (Lipinski definition) is 2. The molecule has 0 saturated heterocycles. The molecular formula is C14H21BrN2O. The highest BCUT2D eigenvalue weighted by molar-refractivity contribution is 9.10. The zero-order chi connectivity index (χ0) is 13.9. The van der Waals surface area contributed by atoms with Crippen LogP contribution in [0, 0.1) is 6.92 Å². The van der Waals surface area contributed by atoms with E-state index in [1.807, 2.05) is 39.2 Å². The first-order valence-corrected chi connectivity index (χ1v) is 6.76. The average Bonchev–Trinajstić information content (AvgIpc) is 2.29. The van der Waals surface area contributed by atoms with Gasteiger partial charge in [-0.3, -0.25) is 4.79 Å². The molecule has 4 heteroatoms. The van der Waals surface area contributed by atoms with Crippen molar-refractivity contribution >= 4 is 21.8 Å². The summed E-state index contributed by atoms with van der Waals surface area (Å²) in [4.78, 5) is 14.2. The van der Waals surface area contributed by atoms with Gasteiger partial charge in [0.2, 0.25) is 0 Å². The molecule has 3 nitrogen and oxygen atoms in total. The largest absolute Gasteiger partial charge is 0.350 e. The van der Waals surface area contributed by atoms with Crippen LogP contribution in [0.5, 0.6) is 0 Å². The summed E-state index contributed by atoms with van der Waals surface area (Å²) >= 11 is 3.44. The van der Waals surface area contributed by atoms with E-state index in [9.17, 15) is 4.79 Å². The van der Waals surface area contributed by atoms with Crippen molar-refractivity contribution in [3.05, 3.63) is 33.8 Å². The molecule has 0 unspecified atom stereocenters. The SMILES string of the molecule is Cc1c(Br)cccc1C(=O)NCC(C)(C)N(C)C. The Kier molecular flexibility index (Phi) is 4.93. The van der Waals surface area contributed by atoms with E-state index in [4.69, 9.17) is 0 Å². The van der Waals surface area contributed by atoms with Crippen molar-refractivity contribution in [2.75, 3.05) is 20.6 Å². The van der Waals surface area contributed by atoms with Crippen molar-refractivity contribution in [3.8, 4) is 0 Å². The average molecular weight is 313 g/mol. The van der Waals surface area contributed by atoms with E-state index in [2.05, 4.69) is 40.0 Å². The van der Waals surface area contributed by atoms with Crippen molar-refractivity contribution in [2.45, 2.75) is 26.3 Å². The zero-order valence-electron chi connectivity index (χ0n) is 11.7. The Balaban J connectivity index is 2.75. The Labute approximate surface area is 118 Å². The van der Waals surface area contributed by atoms with Gasteiger partial charge in [0, 0.05) is 22.1 Å². The van der Waals surface area contributed by atoms with Gasteiger partial charge in [0.15, 0.2) is 0 Å². The smallest absolute Gasteiger partial charge is 0.251 e. The molecule has 0 aliphatic carbocycles. The van der Waals surface area contributed by atoms with Crippen LogP contribution >= 0.6 is 15.9 Å². The maximum absolute atomic E-state index is 12.1. The van der Waals surface area contributed by atoms with Crippen LogP contribution in [0.3, 0.4) is 0 Å². The summed E-state index contributed by atoms with van der Waals surface area (Å²) in [5, 5.41) is 2.99. The first-order chi connectivity index (χ1) is 8.25. The molecule has 1 rings (SSSR count). The van der Waals surface area contributed by atoms with Crippen molar-refractivity contribution in [1.82, 2.24) is 10.2 Å². The summed E-state index contributed by atoms with van der Waals surface area (Å²) < 4.78 is 0.960. The topological polar surface area (TPSA) is 32.3 Å². The third-order valence-electron chi connectivity index (χ3n) is 3.40.